The molecule has 0 saturated carbocycles. The average Bonchev–Trinajstić information content (AvgIpc) is 3.34. The molecule has 2 aromatic rings. The Morgan fingerprint density at radius 2 is 1.78 bits per heavy atom. The Morgan fingerprint density at radius 1 is 1.07 bits per heavy atom. The Labute approximate surface area is 164 Å². The zero-order valence-electron chi connectivity index (χ0n) is 16.0. The summed E-state index contributed by atoms with van der Waals surface area (Å²) in [6.45, 7) is 5.60. The number of fused-ring (bicyclic) bond motifs is 3. The number of nitrogens with zero attached hydrogens (tertiary/aromatic N) is 1. The minimum absolute atomic E-state index is 0.0579. The Balaban J connectivity index is 1.55. The van der Waals surface area contributed by atoms with E-state index in [9.17, 15) is 9.59 Å². The molecule has 1 saturated heterocycles. The van der Waals surface area contributed by atoms with Gasteiger partial charge in [0, 0.05) is 18.0 Å². The fourth-order valence-electron chi connectivity index (χ4n) is 4.04. The smallest absolute Gasteiger partial charge is 0.262 e. The lowest BCUT2D eigenvalue weighted by Gasteiger charge is -2.26. The highest BCUT2D eigenvalue weighted by atomic mass is 32.1. The molecule has 4 rings (SSSR count). The van der Waals surface area contributed by atoms with Gasteiger partial charge in [-0.2, -0.15) is 0 Å². The van der Waals surface area contributed by atoms with Crippen molar-refractivity contribution in [3.05, 3.63) is 46.3 Å². The van der Waals surface area contributed by atoms with Crippen LogP contribution in [0.3, 0.4) is 0 Å². The van der Waals surface area contributed by atoms with E-state index in [-0.39, 0.29) is 17.7 Å². The van der Waals surface area contributed by atoms with Crippen molar-refractivity contribution in [1.29, 1.82) is 0 Å². The van der Waals surface area contributed by atoms with E-state index >= 15 is 0 Å². The lowest BCUT2D eigenvalue weighted by molar-refractivity contribution is -0.133. The van der Waals surface area contributed by atoms with Crippen molar-refractivity contribution >= 4 is 23.2 Å². The average molecular weight is 383 g/mol. The molecule has 1 fully saturated rings. The van der Waals surface area contributed by atoms with Crippen LogP contribution in [-0.2, 0) is 17.6 Å². The van der Waals surface area contributed by atoms with Gasteiger partial charge in [0.2, 0.25) is 5.91 Å². The van der Waals surface area contributed by atoms with Crippen molar-refractivity contribution in [3.8, 4) is 10.4 Å². The van der Waals surface area contributed by atoms with Gasteiger partial charge in [-0.3, -0.25) is 9.59 Å². The van der Waals surface area contributed by atoms with Crippen LogP contribution >= 0.6 is 11.3 Å². The van der Waals surface area contributed by atoms with Crippen LogP contribution in [0.5, 0.6) is 0 Å². The zero-order chi connectivity index (χ0) is 19.0. The summed E-state index contributed by atoms with van der Waals surface area (Å²) >= 11 is 1.55. The summed E-state index contributed by atoms with van der Waals surface area (Å²) in [6.07, 6.45) is 4.10. The summed E-state index contributed by atoms with van der Waals surface area (Å²) in [5.74, 6) is -0.00185. The standard InChI is InChI=1S/C22H26N2O2S/c1-14(2)19(22(26)24-11-5-6-12-24)23-21(25)18-13-16-10-9-15-7-3-4-8-17(15)20(16)27-18/h3-4,7-8,13-14,19H,5-6,9-12H2,1-2H3,(H,23,25)/t19-/m0/s1. The summed E-state index contributed by atoms with van der Waals surface area (Å²) in [4.78, 5) is 29.6. The third-order valence-corrected chi connectivity index (χ3v) is 6.80. The van der Waals surface area contributed by atoms with Crippen LogP contribution < -0.4 is 5.32 Å². The predicted molar refractivity (Wildman–Crippen MR) is 109 cm³/mol. The number of likely N-dealkylation sites (tertiary alicyclic amines) is 1. The molecule has 142 valence electrons. The van der Waals surface area contributed by atoms with Crippen molar-refractivity contribution in [3.63, 3.8) is 0 Å². The number of aryl methyl sites for hydroxylation is 2. The quantitative estimate of drug-likeness (QED) is 0.872. The summed E-state index contributed by atoms with van der Waals surface area (Å²) in [7, 11) is 0. The Bertz CT molecular complexity index is 865. The molecule has 0 bridgehead atoms. The van der Waals surface area contributed by atoms with E-state index in [0.29, 0.717) is 4.88 Å². The van der Waals surface area contributed by atoms with E-state index < -0.39 is 6.04 Å². The highest BCUT2D eigenvalue weighted by molar-refractivity contribution is 7.17. The third kappa shape index (κ3) is 3.53. The van der Waals surface area contributed by atoms with E-state index in [1.54, 1.807) is 11.3 Å². The molecule has 1 N–H and O–H groups in total. The van der Waals surface area contributed by atoms with Crippen molar-refractivity contribution in [2.24, 2.45) is 5.92 Å². The Hall–Kier alpha value is -2.14. The third-order valence-electron chi connectivity index (χ3n) is 5.60. The second-order valence-corrected chi connectivity index (χ2v) is 8.90. The maximum absolute atomic E-state index is 12.9. The van der Waals surface area contributed by atoms with Crippen LogP contribution in [0, 0.1) is 5.92 Å². The molecule has 2 aliphatic rings. The van der Waals surface area contributed by atoms with Crippen molar-refractivity contribution < 1.29 is 9.59 Å². The van der Waals surface area contributed by atoms with Crippen molar-refractivity contribution in [2.45, 2.75) is 45.6 Å². The van der Waals surface area contributed by atoms with Crippen LogP contribution in [0.2, 0.25) is 0 Å². The first-order valence-electron chi connectivity index (χ1n) is 9.85. The molecule has 2 heterocycles. The van der Waals surface area contributed by atoms with Gasteiger partial charge in [-0.15, -0.1) is 11.3 Å². The normalized spacial score (nSPS) is 16.8. The molecule has 27 heavy (non-hydrogen) atoms. The molecule has 4 nitrogen and oxygen atoms in total. The number of benzene rings is 1. The van der Waals surface area contributed by atoms with Gasteiger partial charge in [0.1, 0.15) is 6.04 Å². The molecule has 0 spiro atoms. The molecule has 0 unspecified atom stereocenters. The maximum atomic E-state index is 12.9. The van der Waals surface area contributed by atoms with Gasteiger partial charge in [0.05, 0.1) is 4.88 Å². The number of nitrogens with one attached hydrogen (secondary N) is 1. The van der Waals surface area contributed by atoms with Gasteiger partial charge in [0.25, 0.3) is 5.91 Å². The molecule has 1 aromatic carbocycles. The molecular formula is C22H26N2O2S. The first-order chi connectivity index (χ1) is 13.0. The van der Waals surface area contributed by atoms with Crippen molar-refractivity contribution in [1.82, 2.24) is 10.2 Å². The summed E-state index contributed by atoms with van der Waals surface area (Å²) in [5, 5.41) is 3.02. The molecular weight excluding hydrogens is 356 g/mol. The van der Waals surface area contributed by atoms with Crippen LogP contribution in [0.1, 0.15) is 47.5 Å². The fourth-order valence-corrected chi connectivity index (χ4v) is 5.22. The second-order valence-electron chi connectivity index (χ2n) is 7.85. The van der Waals surface area contributed by atoms with E-state index in [1.807, 2.05) is 24.8 Å². The minimum atomic E-state index is -0.456. The Morgan fingerprint density at radius 3 is 2.52 bits per heavy atom. The number of carbonyl (C=O) groups excluding carboxylic acids is 2. The van der Waals surface area contributed by atoms with E-state index in [2.05, 4.69) is 29.6 Å². The van der Waals surface area contributed by atoms with E-state index in [0.717, 1.165) is 38.8 Å². The monoisotopic (exact) mass is 382 g/mol. The van der Waals surface area contributed by atoms with Gasteiger partial charge >= 0.3 is 0 Å². The molecule has 1 aliphatic carbocycles. The van der Waals surface area contributed by atoms with Crippen LogP contribution in [0.15, 0.2) is 30.3 Å². The molecule has 1 aromatic heterocycles. The van der Waals surface area contributed by atoms with Gasteiger partial charge in [-0.05, 0) is 54.4 Å². The van der Waals surface area contributed by atoms with Gasteiger partial charge in [-0.25, -0.2) is 0 Å². The van der Waals surface area contributed by atoms with Gasteiger partial charge < -0.3 is 10.2 Å². The number of carbonyl (C=O) groups is 2. The SMILES string of the molecule is CC(C)[C@H](NC(=O)c1cc2c(s1)-c1ccccc1CC2)C(=O)N1CCCC1. The summed E-state index contributed by atoms with van der Waals surface area (Å²) in [5.41, 5.74) is 3.84. The first kappa shape index (κ1) is 18.2. The van der Waals surface area contributed by atoms with Crippen LogP contribution in [0.4, 0.5) is 0 Å². The summed E-state index contributed by atoms with van der Waals surface area (Å²) < 4.78 is 0. The Kier molecular flexibility index (Phi) is 5.04. The zero-order valence-corrected chi connectivity index (χ0v) is 16.8. The number of amides is 2. The fraction of sp³-hybridized carbons (Fsp3) is 0.455. The van der Waals surface area contributed by atoms with E-state index in [4.69, 9.17) is 0 Å². The minimum Gasteiger partial charge on any atom is -0.341 e. The lowest BCUT2D eigenvalue weighted by atomic mass is 9.91. The molecule has 1 atom stereocenters. The maximum Gasteiger partial charge on any atom is 0.262 e. The number of hydrogen-bond acceptors (Lipinski definition) is 3. The van der Waals surface area contributed by atoms with E-state index in [1.165, 1.54) is 21.6 Å². The largest absolute Gasteiger partial charge is 0.341 e. The molecule has 0 radical (unpaired) electrons. The second kappa shape index (κ2) is 7.47. The highest BCUT2D eigenvalue weighted by Crippen LogP contribution is 2.39. The van der Waals surface area contributed by atoms with Crippen molar-refractivity contribution in [2.75, 3.05) is 13.1 Å². The topological polar surface area (TPSA) is 49.4 Å². The number of rotatable bonds is 4. The molecule has 1 aliphatic heterocycles. The first-order valence-corrected chi connectivity index (χ1v) is 10.7. The summed E-state index contributed by atoms with van der Waals surface area (Å²) in [6, 6.07) is 9.99. The van der Waals surface area contributed by atoms with Gasteiger partial charge in [0.15, 0.2) is 0 Å². The van der Waals surface area contributed by atoms with Crippen LogP contribution in [0.25, 0.3) is 10.4 Å². The van der Waals surface area contributed by atoms with Gasteiger partial charge in [-0.1, -0.05) is 38.1 Å². The molecule has 2 amide bonds. The lowest BCUT2D eigenvalue weighted by Crippen LogP contribution is -2.50. The molecule has 5 heteroatoms. The number of hydrogen-bond donors (Lipinski definition) is 1. The predicted octanol–water partition coefficient (Wildman–Crippen LogP) is 3.89. The van der Waals surface area contributed by atoms with Crippen LogP contribution in [-0.4, -0.2) is 35.8 Å². The number of thiophene rings is 1. The highest BCUT2D eigenvalue weighted by Gasteiger charge is 2.31.